The van der Waals surface area contributed by atoms with Crippen LogP contribution in [0.5, 0.6) is 5.75 Å². The van der Waals surface area contributed by atoms with Crippen LogP contribution >= 0.6 is 0 Å². The van der Waals surface area contributed by atoms with Crippen LogP contribution in [0, 0.1) is 12.3 Å². The van der Waals surface area contributed by atoms with E-state index in [1.807, 2.05) is 13.8 Å². The molecule has 0 aromatic heterocycles. The number of amides is 3. The molecule has 2 unspecified atom stereocenters. The molecule has 0 fully saturated rings. The predicted octanol–water partition coefficient (Wildman–Crippen LogP) is 4.09. The van der Waals surface area contributed by atoms with Gasteiger partial charge in [-0.2, -0.15) is 0 Å². The molecule has 2 aromatic carbocycles. The van der Waals surface area contributed by atoms with Crippen molar-refractivity contribution >= 4 is 17.9 Å². The zero-order chi connectivity index (χ0) is 28.5. The Morgan fingerprint density at radius 1 is 1.11 bits per heavy atom. The molecule has 0 aliphatic heterocycles. The van der Waals surface area contributed by atoms with Crippen molar-refractivity contribution in [1.82, 2.24) is 15.5 Å². The van der Waals surface area contributed by atoms with Crippen LogP contribution in [0.15, 0.2) is 61.2 Å². The highest BCUT2D eigenvalue weighted by atomic mass is 16.6. The first-order chi connectivity index (χ1) is 17.9. The summed E-state index contributed by atoms with van der Waals surface area (Å²) in [5, 5.41) is 15.2. The van der Waals surface area contributed by atoms with Crippen molar-refractivity contribution in [1.29, 1.82) is 0 Å². The number of ether oxygens (including phenoxy) is 1. The lowest BCUT2D eigenvalue weighted by Crippen LogP contribution is -2.54. The second-order valence-electron chi connectivity index (χ2n) is 10.1. The number of phenols is 1. The number of alkyl carbamates (subject to hydrolysis) is 1. The second-order valence-corrected chi connectivity index (χ2v) is 10.1. The lowest BCUT2D eigenvalue weighted by molar-refractivity contribution is -0.142. The smallest absolute Gasteiger partial charge is 0.408 e. The highest BCUT2D eigenvalue weighted by molar-refractivity contribution is 5.93. The van der Waals surface area contributed by atoms with Crippen LogP contribution in [-0.2, 0) is 20.7 Å². The minimum atomic E-state index is -1.10. The topological polar surface area (TPSA) is 108 Å². The molecule has 0 aliphatic carbocycles. The van der Waals surface area contributed by atoms with E-state index in [9.17, 15) is 19.5 Å². The van der Waals surface area contributed by atoms with Crippen molar-refractivity contribution in [2.45, 2.75) is 64.8 Å². The molecule has 0 saturated carbocycles. The molecule has 2 aromatic rings. The molecular formula is C30H37N3O5. The Hall–Kier alpha value is -4.25. The number of benzene rings is 2. The molecule has 3 N–H and O–H groups in total. The van der Waals surface area contributed by atoms with Crippen LogP contribution in [0.2, 0.25) is 0 Å². The first-order valence-corrected chi connectivity index (χ1v) is 12.4. The molecule has 0 spiro atoms. The van der Waals surface area contributed by atoms with Crippen LogP contribution in [0.4, 0.5) is 4.79 Å². The van der Waals surface area contributed by atoms with E-state index in [2.05, 4.69) is 23.1 Å². The van der Waals surface area contributed by atoms with Crippen molar-refractivity contribution < 1.29 is 24.2 Å². The van der Waals surface area contributed by atoms with Crippen molar-refractivity contribution in [3.63, 3.8) is 0 Å². The van der Waals surface area contributed by atoms with Crippen LogP contribution in [-0.4, -0.2) is 52.1 Å². The van der Waals surface area contributed by atoms with Crippen molar-refractivity contribution in [2.75, 3.05) is 6.54 Å². The number of nitrogens with one attached hydrogen (secondary N) is 2. The third kappa shape index (κ3) is 8.70. The summed E-state index contributed by atoms with van der Waals surface area (Å²) in [5.41, 5.74) is 0.836. The highest BCUT2D eigenvalue weighted by Gasteiger charge is 2.37. The van der Waals surface area contributed by atoms with Gasteiger partial charge in [0.1, 0.15) is 23.4 Å². The van der Waals surface area contributed by atoms with Gasteiger partial charge in [0.2, 0.25) is 11.8 Å². The number of terminal acetylenes is 1. The van der Waals surface area contributed by atoms with E-state index in [0.29, 0.717) is 16.7 Å². The molecule has 0 aliphatic rings. The minimum absolute atomic E-state index is 0.00992. The van der Waals surface area contributed by atoms with Crippen LogP contribution in [0.25, 0.3) is 0 Å². The molecular weight excluding hydrogens is 482 g/mol. The van der Waals surface area contributed by atoms with Gasteiger partial charge >= 0.3 is 6.09 Å². The SMILES string of the molecule is C#Cc1ccccc1C(C(=O)NC(C)C)N(CC=C)C(=O)C(Cc1ccc(O)cc1)NC(=O)OC(C)(C)C. The van der Waals surface area contributed by atoms with Crippen molar-refractivity contribution in [3.8, 4) is 18.1 Å². The Bertz CT molecular complexity index is 1180. The van der Waals surface area contributed by atoms with E-state index in [1.165, 1.54) is 23.1 Å². The zero-order valence-electron chi connectivity index (χ0n) is 22.7. The summed E-state index contributed by atoms with van der Waals surface area (Å²) in [6, 6.07) is 10.8. The summed E-state index contributed by atoms with van der Waals surface area (Å²) in [4.78, 5) is 41.8. The third-order valence-electron chi connectivity index (χ3n) is 5.38. The molecule has 0 bridgehead atoms. The molecule has 0 saturated heterocycles. The van der Waals surface area contributed by atoms with Gasteiger partial charge in [0.15, 0.2) is 0 Å². The number of hydrogen-bond donors (Lipinski definition) is 3. The zero-order valence-corrected chi connectivity index (χ0v) is 22.7. The molecule has 8 heteroatoms. The van der Waals surface area contributed by atoms with Crippen molar-refractivity contribution in [2.24, 2.45) is 0 Å². The number of hydrogen-bond acceptors (Lipinski definition) is 5. The third-order valence-corrected chi connectivity index (χ3v) is 5.38. The number of carbonyl (C=O) groups excluding carboxylic acids is 3. The molecule has 0 radical (unpaired) electrons. The van der Waals surface area contributed by atoms with Crippen LogP contribution in [0.1, 0.15) is 57.4 Å². The first kappa shape index (κ1) is 30.0. The number of carbonyl (C=O) groups is 3. The van der Waals surface area contributed by atoms with Crippen molar-refractivity contribution in [3.05, 3.63) is 77.9 Å². The van der Waals surface area contributed by atoms with E-state index in [0.717, 1.165) is 0 Å². The van der Waals surface area contributed by atoms with Gasteiger partial charge in [-0.3, -0.25) is 9.59 Å². The van der Waals surface area contributed by atoms with Gasteiger partial charge in [0.05, 0.1) is 0 Å². The fraction of sp³-hybridized carbons (Fsp3) is 0.367. The molecule has 2 rings (SSSR count). The largest absolute Gasteiger partial charge is 0.508 e. The molecule has 202 valence electrons. The maximum absolute atomic E-state index is 14.1. The standard InChI is InChI=1S/C30H37N3O5/c1-8-18-33(26(27(35)31-20(3)4)24-13-11-10-12-22(24)9-2)28(36)25(32-29(37)38-30(5,6)7)19-21-14-16-23(34)17-15-21/h2,8,10-17,20,25-26,34H,1,18-19H2,3-7H3,(H,31,35)(H,32,37). The Labute approximate surface area is 225 Å². The quantitative estimate of drug-likeness (QED) is 0.324. The van der Waals surface area contributed by atoms with Crippen LogP contribution in [0.3, 0.4) is 0 Å². The van der Waals surface area contributed by atoms with Gasteiger partial charge in [-0.05, 0) is 63.9 Å². The number of rotatable bonds is 10. The van der Waals surface area contributed by atoms with E-state index in [-0.39, 0.29) is 24.8 Å². The summed E-state index contributed by atoms with van der Waals surface area (Å²) in [6.45, 7) is 12.6. The Kier molecular flexibility index (Phi) is 10.5. The van der Waals surface area contributed by atoms with E-state index in [4.69, 9.17) is 11.2 Å². The summed E-state index contributed by atoms with van der Waals surface area (Å²) in [6.07, 6.45) is 6.56. The maximum Gasteiger partial charge on any atom is 0.408 e. The van der Waals surface area contributed by atoms with Gasteiger partial charge in [0, 0.05) is 24.6 Å². The average Bonchev–Trinajstić information content (AvgIpc) is 2.83. The second kappa shape index (κ2) is 13.3. The molecule has 38 heavy (non-hydrogen) atoms. The fourth-order valence-electron chi connectivity index (χ4n) is 3.86. The normalized spacial score (nSPS) is 12.6. The first-order valence-electron chi connectivity index (χ1n) is 12.4. The summed E-state index contributed by atoms with van der Waals surface area (Å²) in [7, 11) is 0. The molecule has 2 atom stereocenters. The van der Waals surface area contributed by atoms with Crippen LogP contribution < -0.4 is 10.6 Å². The predicted molar refractivity (Wildman–Crippen MR) is 147 cm³/mol. The highest BCUT2D eigenvalue weighted by Crippen LogP contribution is 2.26. The average molecular weight is 520 g/mol. The number of aromatic hydroxyl groups is 1. The van der Waals surface area contributed by atoms with Gasteiger partial charge in [-0.1, -0.05) is 42.3 Å². The van der Waals surface area contributed by atoms with Gasteiger partial charge < -0.3 is 25.4 Å². The minimum Gasteiger partial charge on any atom is -0.508 e. The number of nitrogens with zero attached hydrogens (tertiary/aromatic N) is 1. The Morgan fingerprint density at radius 3 is 2.29 bits per heavy atom. The van der Waals surface area contributed by atoms with Gasteiger partial charge in [0.25, 0.3) is 0 Å². The lowest BCUT2D eigenvalue weighted by Gasteiger charge is -2.34. The Balaban J connectivity index is 2.58. The van der Waals surface area contributed by atoms with E-state index < -0.39 is 35.6 Å². The van der Waals surface area contributed by atoms with E-state index in [1.54, 1.807) is 57.2 Å². The monoisotopic (exact) mass is 519 g/mol. The van der Waals surface area contributed by atoms with Gasteiger partial charge in [-0.15, -0.1) is 13.0 Å². The fourth-order valence-corrected chi connectivity index (χ4v) is 3.86. The summed E-state index contributed by atoms with van der Waals surface area (Å²) in [5.74, 6) is 1.72. The molecule has 8 nitrogen and oxygen atoms in total. The lowest BCUT2D eigenvalue weighted by atomic mass is 9.96. The molecule has 3 amide bonds. The van der Waals surface area contributed by atoms with Gasteiger partial charge in [-0.25, -0.2) is 4.79 Å². The maximum atomic E-state index is 14.1. The Morgan fingerprint density at radius 2 is 1.74 bits per heavy atom. The summed E-state index contributed by atoms with van der Waals surface area (Å²) >= 11 is 0. The molecule has 0 heterocycles. The van der Waals surface area contributed by atoms with E-state index >= 15 is 0 Å². The number of phenolic OH excluding ortho intramolecular Hbond substituents is 1. The summed E-state index contributed by atoms with van der Waals surface area (Å²) < 4.78 is 5.41.